The Morgan fingerprint density at radius 3 is 1.27 bits per heavy atom. The molecule has 0 amide bonds. The highest BCUT2D eigenvalue weighted by Crippen LogP contribution is 2.65. The Kier molecular flexibility index (Phi) is 5.04. The number of nitrogens with zero attached hydrogens (tertiary/aromatic N) is 2. The van der Waals surface area contributed by atoms with Crippen LogP contribution in [-0.2, 0) is 11.8 Å². The maximum absolute atomic E-state index is 16.2. The molecule has 2 aliphatic carbocycles. The molecule has 0 bridgehead atoms. The lowest BCUT2D eigenvalue weighted by molar-refractivity contribution is 0.0444. The third kappa shape index (κ3) is 3.12. The fourth-order valence-electron chi connectivity index (χ4n) is 5.94. The summed E-state index contributed by atoms with van der Waals surface area (Å²) in [4.78, 5) is 1.81. The molecule has 0 aliphatic heterocycles. The number of hydrogen-bond acceptors (Lipinski definition) is 4. The van der Waals surface area contributed by atoms with Crippen LogP contribution in [0.4, 0.5) is 17.6 Å². The topological polar surface area (TPSA) is 47.6 Å². The van der Waals surface area contributed by atoms with Gasteiger partial charge in [-0.3, -0.25) is 0 Å². The second-order valence-electron chi connectivity index (χ2n) is 9.98. The van der Waals surface area contributed by atoms with E-state index in [0.29, 0.717) is 41.8 Å². The minimum Gasteiger partial charge on any atom is -0.196 e. The summed E-state index contributed by atoms with van der Waals surface area (Å²) >= 11 is 2.33. The zero-order chi connectivity index (χ0) is 28.1. The van der Waals surface area contributed by atoms with Crippen LogP contribution < -0.4 is 0 Å². The maximum atomic E-state index is 16.2. The molecular weight excluding hydrogens is 552 g/mol. The summed E-state index contributed by atoms with van der Waals surface area (Å²) in [5.41, 5.74) is 2.30. The molecule has 194 valence electrons. The lowest BCUT2D eigenvalue weighted by Gasteiger charge is -2.22. The van der Waals surface area contributed by atoms with E-state index in [0.717, 1.165) is 22.7 Å². The molecule has 5 aromatic rings. The number of halogens is 4. The predicted molar refractivity (Wildman–Crippen MR) is 149 cm³/mol. The number of benzene rings is 3. The normalized spacial score (nSPS) is 15.1. The standard InChI is InChI=1S/C32H16F4N2S2/c1-15-25-28(32(35,36)21-11-23(39-29(21)25)19-7-3-17(13-37)4-8-19)16(2)26-27(15)31(33,34)22-12-24(40-30(22)26)20-9-5-18(14-38)6-10-20/h3-12H,1-2H3. The number of thiophene rings is 2. The van der Waals surface area contributed by atoms with E-state index in [1.807, 2.05) is 12.1 Å². The fraction of sp³-hybridized carbons (Fsp3) is 0.125. The summed E-state index contributed by atoms with van der Waals surface area (Å²) in [6.45, 7) is 3.05. The van der Waals surface area contributed by atoms with E-state index in [2.05, 4.69) is 0 Å². The Morgan fingerprint density at radius 1 is 0.600 bits per heavy atom. The average molecular weight is 569 g/mol. The molecular formula is C32H16F4N2S2. The van der Waals surface area contributed by atoms with E-state index in [9.17, 15) is 0 Å². The smallest absolute Gasteiger partial charge is 0.196 e. The molecule has 7 rings (SSSR count). The third-order valence-electron chi connectivity index (χ3n) is 7.82. The van der Waals surface area contributed by atoms with Gasteiger partial charge in [0, 0.05) is 52.9 Å². The SMILES string of the molecule is Cc1c2c(c(C)c3c1C(F)(F)c1cc(-c4ccc(C#N)cc4)sc1-3)C(F)(F)c1cc(-c3ccc(C#N)cc3)sc1-2. The van der Waals surface area contributed by atoms with E-state index < -0.39 is 11.8 Å². The number of alkyl halides is 4. The van der Waals surface area contributed by atoms with Crippen LogP contribution in [-0.4, -0.2) is 0 Å². The molecule has 0 radical (unpaired) electrons. The zero-order valence-corrected chi connectivity index (χ0v) is 22.6. The van der Waals surface area contributed by atoms with Crippen molar-refractivity contribution in [1.82, 2.24) is 0 Å². The highest BCUT2D eigenvalue weighted by molar-refractivity contribution is 7.19. The molecule has 8 heteroatoms. The van der Waals surface area contributed by atoms with Gasteiger partial charge in [0.15, 0.2) is 0 Å². The quantitative estimate of drug-likeness (QED) is 0.199. The first-order valence-corrected chi connectivity index (χ1v) is 14.0. The largest absolute Gasteiger partial charge is 0.300 e. The summed E-state index contributed by atoms with van der Waals surface area (Å²) in [5.74, 6) is -6.69. The van der Waals surface area contributed by atoms with Crippen LogP contribution >= 0.6 is 22.7 Å². The van der Waals surface area contributed by atoms with Crippen molar-refractivity contribution in [1.29, 1.82) is 10.5 Å². The van der Waals surface area contributed by atoms with Gasteiger partial charge in [0.05, 0.1) is 23.3 Å². The summed E-state index contributed by atoms with van der Waals surface area (Å²) < 4.78 is 64.6. The van der Waals surface area contributed by atoms with Gasteiger partial charge in [0.25, 0.3) is 0 Å². The average Bonchev–Trinajstić information content (AvgIpc) is 3.68. The molecule has 0 N–H and O–H groups in total. The van der Waals surface area contributed by atoms with E-state index in [1.165, 1.54) is 26.0 Å². The second kappa shape index (κ2) is 8.14. The zero-order valence-electron chi connectivity index (χ0n) is 21.0. The van der Waals surface area contributed by atoms with Gasteiger partial charge in [0.2, 0.25) is 0 Å². The number of fused-ring (bicyclic) bond motifs is 6. The Hall–Kier alpha value is -4.24. The molecule has 0 unspecified atom stereocenters. The van der Waals surface area contributed by atoms with Gasteiger partial charge in [-0.2, -0.15) is 28.1 Å². The molecule has 2 aliphatic rings. The van der Waals surface area contributed by atoms with Crippen LogP contribution in [0, 0.1) is 36.5 Å². The fourth-order valence-corrected chi connectivity index (χ4v) is 8.55. The van der Waals surface area contributed by atoms with Crippen molar-refractivity contribution in [2.24, 2.45) is 0 Å². The maximum Gasteiger partial charge on any atom is 0.300 e. The van der Waals surface area contributed by atoms with Gasteiger partial charge in [0.1, 0.15) is 0 Å². The summed E-state index contributed by atoms with van der Waals surface area (Å²) in [5, 5.41) is 18.1. The van der Waals surface area contributed by atoms with E-state index in [1.54, 1.807) is 48.5 Å². The molecule has 2 heterocycles. The van der Waals surface area contributed by atoms with Crippen LogP contribution in [0.3, 0.4) is 0 Å². The van der Waals surface area contributed by atoms with Gasteiger partial charge in [-0.15, -0.1) is 22.7 Å². The molecule has 40 heavy (non-hydrogen) atoms. The van der Waals surface area contributed by atoms with Crippen LogP contribution in [0.15, 0.2) is 60.7 Å². The Balaban J connectivity index is 1.42. The minimum atomic E-state index is -3.35. The Bertz CT molecular complexity index is 1840. The first kappa shape index (κ1) is 24.8. The summed E-state index contributed by atoms with van der Waals surface area (Å²) in [6, 6.07) is 20.3. The Labute approximate surface area is 235 Å². The molecule has 3 aromatic carbocycles. The highest BCUT2D eigenvalue weighted by Gasteiger charge is 2.54. The third-order valence-corrected chi connectivity index (χ3v) is 10.2. The molecule has 2 aromatic heterocycles. The lowest BCUT2D eigenvalue weighted by atomic mass is 9.88. The Morgan fingerprint density at radius 2 is 0.950 bits per heavy atom. The highest BCUT2D eigenvalue weighted by atomic mass is 32.1. The summed E-state index contributed by atoms with van der Waals surface area (Å²) in [6.07, 6.45) is 0. The van der Waals surface area contributed by atoms with Crippen molar-refractivity contribution >= 4 is 22.7 Å². The van der Waals surface area contributed by atoms with Crippen LogP contribution in [0.5, 0.6) is 0 Å². The van der Waals surface area contributed by atoms with Crippen molar-refractivity contribution < 1.29 is 17.6 Å². The van der Waals surface area contributed by atoms with Gasteiger partial charge in [-0.25, -0.2) is 0 Å². The summed E-state index contributed by atoms with van der Waals surface area (Å²) in [7, 11) is 0. The molecule has 0 fully saturated rings. The van der Waals surface area contributed by atoms with Gasteiger partial charge < -0.3 is 0 Å². The van der Waals surface area contributed by atoms with Crippen molar-refractivity contribution in [3.05, 3.63) is 105 Å². The number of nitriles is 2. The van der Waals surface area contributed by atoms with Crippen LogP contribution in [0.25, 0.3) is 41.8 Å². The van der Waals surface area contributed by atoms with Crippen molar-refractivity contribution in [2.45, 2.75) is 25.7 Å². The molecule has 0 saturated heterocycles. The van der Waals surface area contributed by atoms with Gasteiger partial charge in [-0.1, -0.05) is 24.3 Å². The molecule has 0 atom stereocenters. The van der Waals surface area contributed by atoms with Gasteiger partial charge >= 0.3 is 11.8 Å². The van der Waals surface area contributed by atoms with Crippen LogP contribution in [0.2, 0.25) is 0 Å². The van der Waals surface area contributed by atoms with E-state index >= 15 is 17.6 Å². The number of hydrogen-bond donors (Lipinski definition) is 0. The minimum absolute atomic E-state index is 0.172. The lowest BCUT2D eigenvalue weighted by Crippen LogP contribution is -2.16. The van der Waals surface area contributed by atoms with Gasteiger partial charge in [-0.05, 0) is 72.5 Å². The first-order chi connectivity index (χ1) is 19.1. The van der Waals surface area contributed by atoms with E-state index in [4.69, 9.17) is 10.5 Å². The van der Waals surface area contributed by atoms with Crippen LogP contribution in [0.1, 0.15) is 44.5 Å². The van der Waals surface area contributed by atoms with Crippen molar-refractivity contribution in [3.63, 3.8) is 0 Å². The van der Waals surface area contributed by atoms with Crippen molar-refractivity contribution in [3.8, 4) is 53.9 Å². The van der Waals surface area contributed by atoms with E-state index in [-0.39, 0.29) is 44.5 Å². The molecule has 0 spiro atoms. The number of rotatable bonds is 2. The second-order valence-corrected chi connectivity index (χ2v) is 12.1. The first-order valence-electron chi connectivity index (χ1n) is 12.3. The predicted octanol–water partition coefficient (Wildman–Crippen LogP) is 9.74. The monoisotopic (exact) mass is 568 g/mol. The molecule has 2 nitrogen and oxygen atoms in total. The van der Waals surface area contributed by atoms with Crippen molar-refractivity contribution in [2.75, 3.05) is 0 Å². The molecule has 0 saturated carbocycles.